The Labute approximate surface area is 180 Å². The van der Waals surface area contributed by atoms with E-state index in [0.29, 0.717) is 70.4 Å². The predicted molar refractivity (Wildman–Crippen MR) is 104 cm³/mol. The number of imide groups is 1. The van der Waals surface area contributed by atoms with E-state index in [-0.39, 0.29) is 32.8 Å². The molecule has 2 aliphatic rings. The lowest BCUT2D eigenvalue weighted by molar-refractivity contribution is -0.198. The molecular formula is C18H29N5O8. The molecule has 0 aromatic heterocycles. The van der Waals surface area contributed by atoms with Crippen molar-refractivity contribution in [1.29, 1.82) is 0 Å². The maximum absolute atomic E-state index is 12.3. The second-order valence-electron chi connectivity index (χ2n) is 7.09. The molecular weight excluding hydrogens is 414 g/mol. The molecule has 0 aromatic rings. The monoisotopic (exact) mass is 443 g/mol. The summed E-state index contributed by atoms with van der Waals surface area (Å²) in [6.07, 6.45) is 0.0840. The molecule has 0 radical (unpaired) electrons. The highest BCUT2D eigenvalue weighted by Gasteiger charge is 2.33. The molecule has 2 heterocycles. The van der Waals surface area contributed by atoms with Gasteiger partial charge in [0.05, 0.1) is 6.54 Å². The first-order chi connectivity index (χ1) is 15.0. The largest absolute Gasteiger partial charge is 0.452 e. The molecule has 2 rings (SSSR count). The van der Waals surface area contributed by atoms with Crippen molar-refractivity contribution in [2.75, 3.05) is 72.4 Å². The van der Waals surface area contributed by atoms with Gasteiger partial charge in [0.1, 0.15) is 13.5 Å². The summed E-state index contributed by atoms with van der Waals surface area (Å²) in [6.45, 7) is 5.38. The summed E-state index contributed by atoms with van der Waals surface area (Å²) in [5, 5.41) is 3.80. The molecule has 0 unspecified atom stereocenters. The van der Waals surface area contributed by atoms with Crippen molar-refractivity contribution < 1.29 is 38.3 Å². The number of hydrogen-bond donors (Lipinski definition) is 1. The van der Waals surface area contributed by atoms with E-state index in [9.17, 15) is 24.0 Å². The van der Waals surface area contributed by atoms with E-state index in [0.717, 1.165) is 0 Å². The minimum Gasteiger partial charge on any atom is -0.452 e. The molecule has 2 saturated heterocycles. The minimum atomic E-state index is -0.691. The summed E-state index contributed by atoms with van der Waals surface area (Å²) in [5.41, 5.74) is 0. The van der Waals surface area contributed by atoms with E-state index >= 15 is 0 Å². The Morgan fingerprint density at radius 1 is 0.806 bits per heavy atom. The van der Waals surface area contributed by atoms with Crippen molar-refractivity contribution in [2.45, 2.75) is 12.8 Å². The lowest BCUT2D eigenvalue weighted by Gasteiger charge is -2.30. The SMILES string of the molecule is O=COCN1CCNCCN(CC(=O)ON2C(=O)CCC2=O)CCN(COC=O)CC1. The lowest BCUT2D eigenvalue weighted by atomic mass is 10.3. The Bertz CT molecular complexity index is 618. The van der Waals surface area contributed by atoms with Gasteiger partial charge in [0.2, 0.25) is 0 Å². The van der Waals surface area contributed by atoms with Gasteiger partial charge in [-0.1, -0.05) is 0 Å². The highest BCUT2D eigenvalue weighted by atomic mass is 16.7. The lowest BCUT2D eigenvalue weighted by Crippen LogP contribution is -2.47. The van der Waals surface area contributed by atoms with Crippen molar-refractivity contribution in [3.8, 4) is 0 Å². The van der Waals surface area contributed by atoms with Crippen LogP contribution in [0.1, 0.15) is 12.8 Å². The molecule has 0 aromatic carbocycles. The van der Waals surface area contributed by atoms with Crippen LogP contribution < -0.4 is 5.32 Å². The van der Waals surface area contributed by atoms with Gasteiger partial charge in [0.25, 0.3) is 24.8 Å². The number of hydroxylamine groups is 2. The third-order valence-electron chi connectivity index (χ3n) is 4.88. The quantitative estimate of drug-likeness (QED) is 0.294. The highest BCUT2D eigenvalue weighted by molar-refractivity contribution is 6.01. The Morgan fingerprint density at radius 2 is 1.29 bits per heavy atom. The third-order valence-corrected chi connectivity index (χ3v) is 4.88. The zero-order valence-corrected chi connectivity index (χ0v) is 17.4. The van der Waals surface area contributed by atoms with Crippen LogP contribution >= 0.6 is 0 Å². The maximum Gasteiger partial charge on any atom is 0.347 e. The Hall–Kier alpha value is -2.61. The average molecular weight is 443 g/mol. The molecule has 2 fully saturated rings. The molecule has 1 N–H and O–H groups in total. The van der Waals surface area contributed by atoms with Crippen molar-refractivity contribution in [2.24, 2.45) is 0 Å². The Morgan fingerprint density at radius 3 is 1.84 bits per heavy atom. The number of amides is 2. The predicted octanol–water partition coefficient (Wildman–Crippen LogP) is -2.64. The molecule has 174 valence electrons. The smallest absolute Gasteiger partial charge is 0.347 e. The number of nitrogens with zero attached hydrogens (tertiary/aromatic N) is 4. The van der Waals surface area contributed by atoms with Crippen LogP contribution in [-0.2, 0) is 38.3 Å². The Balaban J connectivity index is 1.92. The van der Waals surface area contributed by atoms with Crippen LogP contribution in [-0.4, -0.2) is 123 Å². The fourth-order valence-corrected chi connectivity index (χ4v) is 3.16. The fourth-order valence-electron chi connectivity index (χ4n) is 3.16. The third kappa shape index (κ3) is 8.96. The van der Waals surface area contributed by atoms with Crippen LogP contribution in [0, 0.1) is 0 Å². The van der Waals surface area contributed by atoms with Crippen LogP contribution in [0.2, 0.25) is 0 Å². The van der Waals surface area contributed by atoms with Crippen LogP contribution in [0.4, 0.5) is 0 Å². The fraction of sp³-hybridized carbons (Fsp3) is 0.722. The zero-order chi connectivity index (χ0) is 22.5. The van der Waals surface area contributed by atoms with Gasteiger partial charge in [-0.05, 0) is 0 Å². The molecule has 13 heteroatoms. The Kier molecular flexibility index (Phi) is 10.9. The first-order valence-electron chi connectivity index (χ1n) is 10.1. The molecule has 2 aliphatic heterocycles. The molecule has 2 amide bonds. The van der Waals surface area contributed by atoms with E-state index in [1.165, 1.54) is 0 Å². The van der Waals surface area contributed by atoms with Gasteiger partial charge in [-0.15, -0.1) is 5.06 Å². The van der Waals surface area contributed by atoms with Crippen LogP contribution in [0.3, 0.4) is 0 Å². The van der Waals surface area contributed by atoms with E-state index < -0.39 is 17.8 Å². The molecule has 0 bridgehead atoms. The van der Waals surface area contributed by atoms with Crippen molar-refractivity contribution in [3.63, 3.8) is 0 Å². The number of rotatable bonds is 9. The normalized spacial score (nSPS) is 20.6. The number of carbonyl (C=O) groups is 5. The van der Waals surface area contributed by atoms with Crippen molar-refractivity contribution in [3.05, 3.63) is 0 Å². The van der Waals surface area contributed by atoms with Gasteiger partial charge in [-0.25, -0.2) is 4.79 Å². The minimum absolute atomic E-state index is 0.0420. The van der Waals surface area contributed by atoms with Gasteiger partial charge in [0.15, 0.2) is 0 Å². The van der Waals surface area contributed by atoms with E-state index in [1.54, 1.807) is 0 Å². The number of carbonyl (C=O) groups excluding carboxylic acids is 5. The van der Waals surface area contributed by atoms with Gasteiger partial charge < -0.3 is 19.6 Å². The molecule has 0 saturated carbocycles. The topological polar surface area (TPSA) is 138 Å². The second-order valence-corrected chi connectivity index (χ2v) is 7.09. The van der Waals surface area contributed by atoms with Gasteiger partial charge in [-0.3, -0.25) is 33.9 Å². The van der Waals surface area contributed by atoms with Gasteiger partial charge in [0, 0.05) is 65.2 Å². The summed E-state index contributed by atoms with van der Waals surface area (Å²) in [4.78, 5) is 67.2. The second kappa shape index (κ2) is 13.6. The number of nitrogens with one attached hydrogen (secondary N) is 1. The van der Waals surface area contributed by atoms with E-state index in [4.69, 9.17) is 14.3 Å². The van der Waals surface area contributed by atoms with Crippen LogP contribution in [0.25, 0.3) is 0 Å². The summed E-state index contributed by atoms with van der Waals surface area (Å²) >= 11 is 0. The van der Waals surface area contributed by atoms with Crippen LogP contribution in [0.5, 0.6) is 0 Å². The number of ether oxygens (including phenoxy) is 2. The van der Waals surface area contributed by atoms with E-state index in [2.05, 4.69) is 5.32 Å². The zero-order valence-electron chi connectivity index (χ0n) is 17.4. The average Bonchev–Trinajstić information content (AvgIpc) is 3.06. The first kappa shape index (κ1) is 24.7. The molecule has 0 atom stereocenters. The summed E-state index contributed by atoms with van der Waals surface area (Å²) in [7, 11) is 0. The maximum atomic E-state index is 12.3. The first-order valence-corrected chi connectivity index (χ1v) is 10.1. The van der Waals surface area contributed by atoms with Crippen molar-refractivity contribution in [1.82, 2.24) is 25.1 Å². The number of hydrogen-bond acceptors (Lipinski definition) is 12. The van der Waals surface area contributed by atoms with Crippen molar-refractivity contribution >= 4 is 30.7 Å². The van der Waals surface area contributed by atoms with Crippen LogP contribution in [0.15, 0.2) is 0 Å². The van der Waals surface area contributed by atoms with Gasteiger partial charge in [-0.2, -0.15) is 0 Å². The molecule has 31 heavy (non-hydrogen) atoms. The summed E-state index contributed by atoms with van der Waals surface area (Å²) < 4.78 is 9.72. The highest BCUT2D eigenvalue weighted by Crippen LogP contribution is 2.12. The standard InChI is InChI=1S/C18H29N5O8/c24-14-29-12-21-6-4-19-3-5-20(7-8-22(10-9-21)13-30-15-25)11-18(28)31-23-16(26)1-2-17(23)27/h14-15,19H,1-13H2. The summed E-state index contributed by atoms with van der Waals surface area (Å²) in [6, 6.07) is 0. The summed E-state index contributed by atoms with van der Waals surface area (Å²) in [5.74, 6) is -1.73. The van der Waals surface area contributed by atoms with E-state index in [1.807, 2.05) is 14.7 Å². The molecule has 13 nitrogen and oxygen atoms in total. The molecule has 0 spiro atoms. The van der Waals surface area contributed by atoms with Gasteiger partial charge >= 0.3 is 5.97 Å². The molecule has 0 aliphatic carbocycles.